The lowest BCUT2D eigenvalue weighted by Gasteiger charge is -2.32. The van der Waals surface area contributed by atoms with Gasteiger partial charge < -0.3 is 24.8 Å². The van der Waals surface area contributed by atoms with Gasteiger partial charge in [-0.15, -0.1) is 10.2 Å². The molecule has 1 aromatic carbocycles. The number of carbonyl (C=O) groups is 4. The number of likely N-dealkylation sites (tertiary alicyclic amines) is 1. The highest BCUT2D eigenvalue weighted by Gasteiger charge is 2.66. The number of benzene rings is 1. The number of nitrogens with one attached hydrogen (secondary N) is 3. The molecule has 5 atom stereocenters. The van der Waals surface area contributed by atoms with Crippen LogP contribution in [-0.4, -0.2) is 105 Å². The predicted octanol–water partition coefficient (Wildman–Crippen LogP) is 1.77. The van der Waals surface area contributed by atoms with Crippen molar-refractivity contribution in [3.63, 3.8) is 0 Å². The lowest BCUT2D eigenvalue weighted by Crippen LogP contribution is -2.59. The van der Waals surface area contributed by atoms with Crippen molar-refractivity contribution in [3.8, 4) is 17.1 Å². The van der Waals surface area contributed by atoms with Crippen molar-refractivity contribution < 1.29 is 45.6 Å². The maximum atomic E-state index is 14.5. The summed E-state index contributed by atoms with van der Waals surface area (Å²) in [6.45, 7) is 7.01. The molecule has 0 spiro atoms. The molecule has 1 aliphatic heterocycles. The first-order valence-electron chi connectivity index (χ1n) is 17.1. The molecule has 17 nitrogen and oxygen atoms in total. The Morgan fingerprint density at radius 1 is 1.13 bits per heavy atom. The van der Waals surface area contributed by atoms with Crippen molar-refractivity contribution in [2.24, 2.45) is 11.3 Å². The normalized spacial score (nSPS) is 23.4. The van der Waals surface area contributed by atoms with Crippen LogP contribution in [0, 0.1) is 18.3 Å². The highest BCUT2D eigenvalue weighted by Crippen LogP contribution is 2.48. The molecule has 1 unspecified atom stereocenters. The number of halogens is 2. The van der Waals surface area contributed by atoms with Gasteiger partial charge in [0.25, 0.3) is 11.8 Å². The van der Waals surface area contributed by atoms with Crippen LogP contribution in [0.4, 0.5) is 8.78 Å². The van der Waals surface area contributed by atoms with Crippen LogP contribution in [0.5, 0.6) is 5.75 Å². The Kier molecular flexibility index (Phi) is 10.0. The van der Waals surface area contributed by atoms with E-state index in [1.165, 1.54) is 22.9 Å². The molecular formula is C33H41F2N9O8S. The number of aromatic nitrogens is 5. The molecular weight excluding hydrogens is 720 g/mol. The van der Waals surface area contributed by atoms with E-state index in [0.717, 1.165) is 0 Å². The molecule has 20 heteroatoms. The van der Waals surface area contributed by atoms with Crippen LogP contribution in [0.25, 0.3) is 11.4 Å². The van der Waals surface area contributed by atoms with Crippen molar-refractivity contribution >= 4 is 33.7 Å². The molecule has 3 fully saturated rings. The standard InChI is InChI=1S/C33H41F2N9O8S/c1-17-12-25(52-40-17)29(46)36-23(15-32(2,3)4)30(47)43-16-19(44-39-27(38-42-44)18-6-8-20(51-5)9-7-18)13-24(43)28(45)37-33(14-22(33)26(34)35)31(48)41-53(49,50)21-10-11-21/h6-9,12,19,21-24,26H,10-11,13-16H2,1-5H3,(H,36,46)(H,37,45)(H,41,48)/t19-,22+,23+,24?,33-/m1/s1. The molecule has 0 radical (unpaired) electrons. The number of hydrogen-bond donors (Lipinski definition) is 3. The highest BCUT2D eigenvalue weighted by atomic mass is 32.2. The number of alkyl halides is 2. The second-order valence-corrected chi connectivity index (χ2v) is 16.9. The molecule has 4 amide bonds. The Labute approximate surface area is 303 Å². The molecule has 53 heavy (non-hydrogen) atoms. The summed E-state index contributed by atoms with van der Waals surface area (Å²) in [5.74, 6) is -4.59. The second-order valence-electron chi connectivity index (χ2n) is 15.0. The van der Waals surface area contributed by atoms with Gasteiger partial charge in [-0.3, -0.25) is 23.9 Å². The van der Waals surface area contributed by atoms with Gasteiger partial charge in [0.15, 0.2) is 0 Å². The first-order valence-corrected chi connectivity index (χ1v) is 18.6. The minimum atomic E-state index is -4.14. The first kappa shape index (κ1) is 37.7. The maximum absolute atomic E-state index is 14.5. The maximum Gasteiger partial charge on any atom is 0.290 e. The third-order valence-electron chi connectivity index (χ3n) is 9.51. The van der Waals surface area contributed by atoms with Crippen molar-refractivity contribution in [1.82, 2.24) is 45.6 Å². The quantitative estimate of drug-likeness (QED) is 0.227. The first-order chi connectivity index (χ1) is 24.9. The molecule has 2 saturated carbocycles. The minimum Gasteiger partial charge on any atom is -0.497 e. The molecule has 3 N–H and O–H groups in total. The molecule has 2 aliphatic carbocycles. The SMILES string of the molecule is COc1ccc(-c2nnn([C@@H]3CC(C(=O)N[C@]4(C(=O)NS(=O)(=O)C5CC5)C[C@H]4C(F)F)N(C(=O)[C@H](CC(C)(C)C)NC(=O)c4cc(C)no4)C3)n2)cc1. The van der Waals surface area contributed by atoms with Crippen LogP contribution in [0.15, 0.2) is 34.9 Å². The highest BCUT2D eigenvalue weighted by molar-refractivity contribution is 7.91. The van der Waals surface area contributed by atoms with Gasteiger partial charge in [-0.2, -0.15) is 4.80 Å². The van der Waals surface area contributed by atoms with Crippen LogP contribution in [0.2, 0.25) is 0 Å². The van der Waals surface area contributed by atoms with Gasteiger partial charge >= 0.3 is 0 Å². The van der Waals surface area contributed by atoms with E-state index in [1.54, 1.807) is 31.2 Å². The monoisotopic (exact) mass is 761 g/mol. The Bertz CT molecular complexity index is 1990. The fourth-order valence-electron chi connectivity index (χ4n) is 6.46. The number of rotatable bonds is 13. The molecule has 3 aliphatic rings. The van der Waals surface area contributed by atoms with E-state index < -0.39 is 86.7 Å². The van der Waals surface area contributed by atoms with E-state index in [0.29, 0.717) is 29.8 Å². The largest absolute Gasteiger partial charge is 0.497 e. The lowest BCUT2D eigenvalue weighted by molar-refractivity contribution is -0.141. The Hall–Kier alpha value is -5.01. The summed E-state index contributed by atoms with van der Waals surface area (Å²) < 4.78 is 65.5. The topological polar surface area (TPSA) is 221 Å². The molecule has 0 bridgehead atoms. The van der Waals surface area contributed by atoms with E-state index in [-0.39, 0.29) is 31.0 Å². The van der Waals surface area contributed by atoms with Crippen LogP contribution in [0.3, 0.4) is 0 Å². The summed E-state index contributed by atoms with van der Waals surface area (Å²) in [7, 11) is -2.61. The average Bonchev–Trinajstić information content (AvgIpc) is 3.90. The summed E-state index contributed by atoms with van der Waals surface area (Å²) in [5.41, 5.74) is -1.70. The molecule has 2 aromatic heterocycles. The number of sulfonamides is 1. The third kappa shape index (κ3) is 8.16. The number of tetrazole rings is 1. The van der Waals surface area contributed by atoms with E-state index >= 15 is 0 Å². The van der Waals surface area contributed by atoms with Crippen LogP contribution >= 0.6 is 0 Å². The van der Waals surface area contributed by atoms with Crippen LogP contribution < -0.4 is 20.1 Å². The van der Waals surface area contributed by atoms with Gasteiger partial charge in [0.05, 0.1) is 30.0 Å². The molecule has 6 rings (SSSR count). The zero-order chi connectivity index (χ0) is 38.5. The van der Waals surface area contributed by atoms with Crippen molar-refractivity contribution in [2.45, 2.75) is 95.1 Å². The number of hydrogen-bond acceptors (Lipinski definition) is 12. The number of ether oxygens (including phenoxy) is 1. The zero-order valence-electron chi connectivity index (χ0n) is 29.7. The fourth-order valence-corrected chi connectivity index (χ4v) is 7.82. The van der Waals surface area contributed by atoms with Crippen molar-refractivity contribution in [3.05, 3.63) is 41.8 Å². The summed E-state index contributed by atoms with van der Waals surface area (Å²) >= 11 is 0. The van der Waals surface area contributed by atoms with Gasteiger partial charge in [-0.05, 0) is 67.5 Å². The number of carbonyl (C=O) groups excluding carboxylic acids is 4. The van der Waals surface area contributed by atoms with Crippen LogP contribution in [-0.2, 0) is 24.4 Å². The van der Waals surface area contributed by atoms with E-state index in [4.69, 9.17) is 9.26 Å². The number of aryl methyl sites for hydroxylation is 1. The summed E-state index contributed by atoms with van der Waals surface area (Å²) in [4.78, 5) is 57.5. The van der Waals surface area contributed by atoms with Crippen molar-refractivity contribution in [1.29, 1.82) is 0 Å². The molecule has 3 aromatic rings. The Morgan fingerprint density at radius 3 is 2.40 bits per heavy atom. The number of amides is 4. The predicted molar refractivity (Wildman–Crippen MR) is 181 cm³/mol. The minimum absolute atomic E-state index is 0.113. The summed E-state index contributed by atoms with van der Waals surface area (Å²) in [6, 6.07) is 4.93. The molecule has 1 saturated heterocycles. The van der Waals surface area contributed by atoms with Gasteiger partial charge in [-0.25, -0.2) is 17.2 Å². The summed E-state index contributed by atoms with van der Waals surface area (Å²) in [6.07, 6.45) is -2.95. The van der Waals surface area contributed by atoms with Crippen molar-refractivity contribution in [2.75, 3.05) is 13.7 Å². The Balaban J connectivity index is 1.30. The molecule has 286 valence electrons. The van der Waals surface area contributed by atoms with Gasteiger partial charge in [-0.1, -0.05) is 25.9 Å². The Morgan fingerprint density at radius 2 is 1.83 bits per heavy atom. The van der Waals surface area contributed by atoms with E-state index in [2.05, 4.69) is 31.2 Å². The van der Waals surface area contributed by atoms with E-state index in [1.807, 2.05) is 25.5 Å². The van der Waals surface area contributed by atoms with Gasteiger partial charge in [0.1, 0.15) is 23.4 Å². The zero-order valence-corrected chi connectivity index (χ0v) is 30.5. The smallest absolute Gasteiger partial charge is 0.290 e. The molecule has 3 heterocycles. The van der Waals surface area contributed by atoms with Crippen LogP contribution in [0.1, 0.15) is 75.2 Å². The van der Waals surface area contributed by atoms with Gasteiger partial charge in [0.2, 0.25) is 39.8 Å². The number of methoxy groups -OCH3 is 1. The lowest BCUT2D eigenvalue weighted by atomic mass is 9.87. The second kappa shape index (κ2) is 14.1. The van der Waals surface area contributed by atoms with Gasteiger partial charge in [0, 0.05) is 24.6 Å². The van der Waals surface area contributed by atoms with E-state index in [9.17, 15) is 36.4 Å². The number of nitrogens with zero attached hydrogens (tertiary/aromatic N) is 6. The fraction of sp³-hybridized carbons (Fsp3) is 0.576. The third-order valence-corrected chi connectivity index (χ3v) is 11.3. The summed E-state index contributed by atoms with van der Waals surface area (Å²) in [5, 5.41) is 20.8. The average molecular weight is 762 g/mol.